The second-order valence-electron chi connectivity index (χ2n) is 5.21. The lowest BCUT2D eigenvalue weighted by Crippen LogP contribution is -2.31. The van der Waals surface area contributed by atoms with Crippen molar-refractivity contribution in [2.45, 2.75) is 19.8 Å². The van der Waals surface area contributed by atoms with Crippen LogP contribution in [0.2, 0.25) is 0 Å². The number of rotatable bonds is 7. The number of Topliss-reactive ketones (excluding diaryl/α,β-unsaturated/α-hetero) is 1. The zero-order chi connectivity index (χ0) is 15.9. The molecule has 2 aromatic rings. The Hall–Kier alpha value is -2.14. The maximum atomic E-state index is 11.7. The summed E-state index contributed by atoms with van der Waals surface area (Å²) in [7, 11) is 0. The van der Waals surface area contributed by atoms with Gasteiger partial charge < -0.3 is 10.1 Å². The van der Waals surface area contributed by atoms with Gasteiger partial charge in [0.2, 0.25) is 0 Å². The Morgan fingerprint density at radius 1 is 1.18 bits per heavy atom. The molecule has 0 fully saturated rings. The highest BCUT2D eigenvalue weighted by molar-refractivity contribution is 7.12. The van der Waals surface area contributed by atoms with E-state index in [1.165, 1.54) is 16.9 Å². The van der Waals surface area contributed by atoms with Gasteiger partial charge in [-0.2, -0.15) is 0 Å². The highest BCUT2D eigenvalue weighted by atomic mass is 32.1. The lowest BCUT2D eigenvalue weighted by atomic mass is 10.0. The predicted molar refractivity (Wildman–Crippen MR) is 87.7 cm³/mol. The second-order valence-corrected chi connectivity index (χ2v) is 6.16. The van der Waals surface area contributed by atoms with Gasteiger partial charge in [0, 0.05) is 0 Å². The number of carbonyl (C=O) groups is 2. The fourth-order valence-corrected chi connectivity index (χ4v) is 2.48. The number of ether oxygens (including phenoxy) is 1. The first-order valence-corrected chi connectivity index (χ1v) is 8.00. The largest absolute Gasteiger partial charge is 0.486 e. The van der Waals surface area contributed by atoms with E-state index in [2.05, 4.69) is 19.2 Å². The molecule has 0 spiro atoms. The van der Waals surface area contributed by atoms with Gasteiger partial charge in [0.15, 0.2) is 5.78 Å². The summed E-state index contributed by atoms with van der Waals surface area (Å²) in [6, 6.07) is 11.2. The maximum Gasteiger partial charge on any atom is 0.261 e. The van der Waals surface area contributed by atoms with Crippen LogP contribution in [0.3, 0.4) is 0 Å². The number of hydrogen-bond donors (Lipinski definition) is 1. The minimum absolute atomic E-state index is 0.0270. The van der Waals surface area contributed by atoms with Crippen molar-refractivity contribution in [3.05, 3.63) is 52.2 Å². The number of hydrogen-bond acceptors (Lipinski definition) is 4. The molecule has 5 heteroatoms. The number of amides is 1. The zero-order valence-electron chi connectivity index (χ0n) is 12.7. The van der Waals surface area contributed by atoms with Gasteiger partial charge in [-0.15, -0.1) is 11.3 Å². The van der Waals surface area contributed by atoms with Crippen molar-refractivity contribution in [3.63, 3.8) is 0 Å². The topological polar surface area (TPSA) is 55.4 Å². The van der Waals surface area contributed by atoms with E-state index >= 15 is 0 Å². The third kappa shape index (κ3) is 4.70. The van der Waals surface area contributed by atoms with Gasteiger partial charge in [0.05, 0.1) is 11.4 Å². The first-order valence-electron chi connectivity index (χ1n) is 7.12. The lowest BCUT2D eigenvalue weighted by molar-refractivity contribution is -0.120. The molecule has 0 bridgehead atoms. The first kappa shape index (κ1) is 16.2. The van der Waals surface area contributed by atoms with Gasteiger partial charge >= 0.3 is 0 Å². The van der Waals surface area contributed by atoms with E-state index in [0.717, 1.165) is 0 Å². The van der Waals surface area contributed by atoms with Gasteiger partial charge in [-0.25, -0.2) is 0 Å². The van der Waals surface area contributed by atoms with Crippen molar-refractivity contribution in [2.24, 2.45) is 0 Å². The summed E-state index contributed by atoms with van der Waals surface area (Å²) < 4.78 is 5.43. The summed E-state index contributed by atoms with van der Waals surface area (Å²) in [4.78, 5) is 24.0. The number of thiophene rings is 1. The van der Waals surface area contributed by atoms with Gasteiger partial charge in [-0.1, -0.05) is 32.0 Å². The SMILES string of the molecule is CC(C)c1ccc(OCC(=O)CNC(=O)c2cccs2)cc1. The van der Waals surface area contributed by atoms with Crippen molar-refractivity contribution in [1.29, 1.82) is 0 Å². The summed E-state index contributed by atoms with van der Waals surface area (Å²) in [5.74, 6) is 0.716. The van der Waals surface area contributed by atoms with Crippen molar-refractivity contribution in [3.8, 4) is 5.75 Å². The van der Waals surface area contributed by atoms with E-state index in [1.54, 1.807) is 12.1 Å². The standard InChI is InChI=1S/C17H19NO3S/c1-12(2)13-5-7-15(8-6-13)21-11-14(19)10-18-17(20)16-4-3-9-22-16/h3-9,12H,10-11H2,1-2H3,(H,18,20). The lowest BCUT2D eigenvalue weighted by Gasteiger charge is -2.09. The van der Waals surface area contributed by atoms with Crippen molar-refractivity contribution >= 4 is 23.0 Å². The molecule has 22 heavy (non-hydrogen) atoms. The molecule has 2 rings (SSSR count). The fourth-order valence-electron chi connectivity index (χ4n) is 1.84. The molecule has 0 saturated carbocycles. The third-order valence-corrected chi connectivity index (χ3v) is 4.01. The van der Waals surface area contributed by atoms with Crippen LogP contribution in [0.25, 0.3) is 0 Å². The summed E-state index contributed by atoms with van der Waals surface area (Å²) in [6.45, 7) is 4.16. The normalized spacial score (nSPS) is 10.5. The van der Waals surface area contributed by atoms with Crippen LogP contribution in [0.1, 0.15) is 35.0 Å². The molecule has 0 atom stereocenters. The molecule has 0 radical (unpaired) electrons. The molecular formula is C17H19NO3S. The maximum absolute atomic E-state index is 11.7. The van der Waals surface area contributed by atoms with Crippen LogP contribution in [0.15, 0.2) is 41.8 Å². The van der Waals surface area contributed by atoms with Gasteiger partial charge in [0.25, 0.3) is 5.91 Å². The number of carbonyl (C=O) groups excluding carboxylic acids is 2. The quantitative estimate of drug-likeness (QED) is 0.853. The van der Waals surface area contributed by atoms with Crippen LogP contribution in [0.5, 0.6) is 5.75 Å². The second kappa shape index (κ2) is 7.75. The van der Waals surface area contributed by atoms with Crippen LogP contribution in [0.4, 0.5) is 0 Å². The Morgan fingerprint density at radius 3 is 2.50 bits per heavy atom. The van der Waals surface area contributed by atoms with E-state index in [1.807, 2.05) is 29.6 Å². The number of ketones is 1. The highest BCUT2D eigenvalue weighted by Crippen LogP contribution is 2.18. The zero-order valence-corrected chi connectivity index (χ0v) is 13.5. The molecule has 1 amide bonds. The first-order chi connectivity index (χ1) is 10.6. The molecule has 1 heterocycles. The molecule has 0 saturated heterocycles. The Morgan fingerprint density at radius 2 is 1.91 bits per heavy atom. The average molecular weight is 317 g/mol. The number of benzene rings is 1. The molecule has 1 N–H and O–H groups in total. The molecule has 0 aliphatic carbocycles. The summed E-state index contributed by atoms with van der Waals surface area (Å²) in [5, 5.41) is 4.41. The molecule has 0 unspecified atom stereocenters. The van der Waals surface area contributed by atoms with Crippen LogP contribution >= 0.6 is 11.3 Å². The minimum Gasteiger partial charge on any atom is -0.486 e. The van der Waals surface area contributed by atoms with E-state index in [-0.39, 0.29) is 24.8 Å². The van der Waals surface area contributed by atoms with E-state index in [0.29, 0.717) is 16.5 Å². The summed E-state index contributed by atoms with van der Waals surface area (Å²) >= 11 is 1.34. The van der Waals surface area contributed by atoms with E-state index in [9.17, 15) is 9.59 Å². The molecule has 4 nitrogen and oxygen atoms in total. The Kier molecular flexibility index (Phi) is 5.72. The van der Waals surface area contributed by atoms with Gasteiger partial charge in [-0.3, -0.25) is 9.59 Å². The molecular weight excluding hydrogens is 298 g/mol. The summed E-state index contributed by atoms with van der Waals surface area (Å²) in [5.41, 5.74) is 1.22. The number of nitrogens with one attached hydrogen (secondary N) is 1. The smallest absolute Gasteiger partial charge is 0.261 e. The van der Waals surface area contributed by atoms with Crippen LogP contribution in [-0.4, -0.2) is 24.8 Å². The van der Waals surface area contributed by atoms with Crippen molar-refractivity contribution < 1.29 is 14.3 Å². The van der Waals surface area contributed by atoms with Crippen molar-refractivity contribution in [1.82, 2.24) is 5.32 Å². The molecule has 0 aliphatic rings. The Balaban J connectivity index is 1.74. The van der Waals surface area contributed by atoms with Crippen LogP contribution in [-0.2, 0) is 4.79 Å². The van der Waals surface area contributed by atoms with Gasteiger partial charge in [-0.05, 0) is 35.1 Å². The van der Waals surface area contributed by atoms with Crippen molar-refractivity contribution in [2.75, 3.05) is 13.2 Å². The predicted octanol–water partition coefficient (Wildman–Crippen LogP) is 3.25. The molecule has 0 aliphatic heterocycles. The fraction of sp³-hybridized carbons (Fsp3) is 0.294. The Labute approximate surface area is 134 Å². The molecule has 116 valence electrons. The van der Waals surface area contributed by atoms with E-state index in [4.69, 9.17) is 4.74 Å². The summed E-state index contributed by atoms with van der Waals surface area (Å²) in [6.07, 6.45) is 0. The highest BCUT2D eigenvalue weighted by Gasteiger charge is 2.09. The Bertz CT molecular complexity index is 618. The monoisotopic (exact) mass is 317 g/mol. The average Bonchev–Trinajstić information content (AvgIpc) is 3.05. The third-order valence-electron chi connectivity index (χ3n) is 3.14. The van der Waals surface area contributed by atoms with E-state index < -0.39 is 0 Å². The minimum atomic E-state index is -0.232. The van der Waals surface area contributed by atoms with Crippen LogP contribution < -0.4 is 10.1 Å². The van der Waals surface area contributed by atoms with Crippen LogP contribution in [0, 0.1) is 0 Å². The molecule has 1 aromatic carbocycles. The van der Waals surface area contributed by atoms with Gasteiger partial charge in [0.1, 0.15) is 12.4 Å². The molecule has 1 aromatic heterocycles.